The summed E-state index contributed by atoms with van der Waals surface area (Å²) in [5.41, 5.74) is 3.47. The lowest BCUT2D eigenvalue weighted by atomic mass is 10.2. The van der Waals surface area contributed by atoms with Crippen molar-refractivity contribution in [3.05, 3.63) is 28.9 Å². The molecule has 3 heteroatoms. The van der Waals surface area contributed by atoms with E-state index in [2.05, 4.69) is 35.1 Å². The minimum atomic E-state index is 1.11. The molecule has 70 valence electrons. The molecule has 2 heterocycles. The molecule has 0 amide bonds. The highest BCUT2D eigenvalue weighted by Crippen LogP contribution is 2.28. The number of nitrogens with one attached hydrogen (secondary N) is 1. The minimum Gasteiger partial charge on any atom is -0.357 e. The molecular formula is C11H10N2S. The van der Waals surface area contributed by atoms with Crippen molar-refractivity contribution >= 4 is 32.5 Å². The number of hydrogen-bond acceptors (Lipinski definition) is 2. The van der Waals surface area contributed by atoms with Crippen LogP contribution in [0.4, 0.5) is 0 Å². The summed E-state index contributed by atoms with van der Waals surface area (Å²) in [7, 11) is 0. The highest BCUT2D eigenvalue weighted by molar-refractivity contribution is 7.18. The topological polar surface area (TPSA) is 28.7 Å². The van der Waals surface area contributed by atoms with Gasteiger partial charge in [0.15, 0.2) is 0 Å². The second-order valence-corrected chi connectivity index (χ2v) is 4.80. The van der Waals surface area contributed by atoms with Crippen molar-refractivity contribution in [3.8, 4) is 0 Å². The van der Waals surface area contributed by atoms with Gasteiger partial charge in [-0.05, 0) is 26.0 Å². The maximum absolute atomic E-state index is 4.54. The van der Waals surface area contributed by atoms with E-state index in [0.717, 1.165) is 10.5 Å². The van der Waals surface area contributed by atoms with Gasteiger partial charge in [0.2, 0.25) is 0 Å². The standard InChI is InChI=1S/C11H10N2S/c1-6-5-8-3-4-9-11(10(8)12-6)13-7(2)14-9/h3-5,12H,1-2H3. The quantitative estimate of drug-likeness (QED) is 0.594. The molecule has 0 spiro atoms. The van der Waals surface area contributed by atoms with Crippen molar-refractivity contribution in [2.45, 2.75) is 13.8 Å². The lowest BCUT2D eigenvalue weighted by Crippen LogP contribution is -1.73. The number of nitrogens with zero attached hydrogens (tertiary/aromatic N) is 1. The molecule has 1 aromatic carbocycles. The maximum Gasteiger partial charge on any atom is 0.106 e. The van der Waals surface area contributed by atoms with Crippen molar-refractivity contribution in [2.75, 3.05) is 0 Å². The molecule has 0 radical (unpaired) electrons. The van der Waals surface area contributed by atoms with E-state index in [1.807, 2.05) is 6.92 Å². The fourth-order valence-electron chi connectivity index (χ4n) is 1.84. The van der Waals surface area contributed by atoms with Gasteiger partial charge in [0.05, 0.1) is 15.2 Å². The van der Waals surface area contributed by atoms with E-state index in [9.17, 15) is 0 Å². The summed E-state index contributed by atoms with van der Waals surface area (Å²) in [6, 6.07) is 6.46. The highest BCUT2D eigenvalue weighted by atomic mass is 32.1. The Labute approximate surface area is 85.6 Å². The number of benzene rings is 1. The molecule has 0 saturated carbocycles. The molecule has 0 unspecified atom stereocenters. The van der Waals surface area contributed by atoms with Crippen LogP contribution in [0, 0.1) is 13.8 Å². The zero-order valence-electron chi connectivity index (χ0n) is 8.09. The number of fused-ring (bicyclic) bond motifs is 3. The number of thiazole rings is 1. The number of aryl methyl sites for hydroxylation is 2. The van der Waals surface area contributed by atoms with Gasteiger partial charge in [0.25, 0.3) is 0 Å². The lowest BCUT2D eigenvalue weighted by molar-refractivity contribution is 1.29. The van der Waals surface area contributed by atoms with Crippen LogP contribution in [0.2, 0.25) is 0 Å². The van der Waals surface area contributed by atoms with E-state index in [1.165, 1.54) is 21.3 Å². The molecule has 2 nitrogen and oxygen atoms in total. The van der Waals surface area contributed by atoms with Crippen LogP contribution in [-0.4, -0.2) is 9.97 Å². The van der Waals surface area contributed by atoms with Gasteiger partial charge in [0.1, 0.15) is 5.52 Å². The summed E-state index contributed by atoms with van der Waals surface area (Å²) >= 11 is 1.75. The van der Waals surface area contributed by atoms with Gasteiger partial charge in [-0.2, -0.15) is 0 Å². The van der Waals surface area contributed by atoms with Gasteiger partial charge >= 0.3 is 0 Å². The molecule has 2 aromatic heterocycles. The van der Waals surface area contributed by atoms with Gasteiger partial charge in [0, 0.05) is 11.1 Å². The SMILES string of the molecule is Cc1cc2ccc3sc(C)nc3c2[nH]1. The van der Waals surface area contributed by atoms with Crippen LogP contribution >= 0.6 is 11.3 Å². The molecule has 0 aliphatic rings. The molecule has 1 N–H and O–H groups in total. The van der Waals surface area contributed by atoms with E-state index < -0.39 is 0 Å². The molecule has 0 fully saturated rings. The average Bonchev–Trinajstić information content (AvgIpc) is 2.65. The van der Waals surface area contributed by atoms with Gasteiger partial charge in [-0.15, -0.1) is 11.3 Å². The largest absolute Gasteiger partial charge is 0.357 e. The number of rotatable bonds is 0. The van der Waals surface area contributed by atoms with E-state index in [-0.39, 0.29) is 0 Å². The Hall–Kier alpha value is -1.35. The zero-order valence-corrected chi connectivity index (χ0v) is 8.90. The molecule has 0 aliphatic heterocycles. The van der Waals surface area contributed by atoms with Crippen LogP contribution in [0.25, 0.3) is 21.1 Å². The molecule has 0 atom stereocenters. The Morgan fingerprint density at radius 2 is 2.14 bits per heavy atom. The summed E-state index contributed by atoms with van der Waals surface area (Å²) in [5.74, 6) is 0. The average molecular weight is 202 g/mol. The van der Waals surface area contributed by atoms with Crippen molar-refractivity contribution in [2.24, 2.45) is 0 Å². The molecule has 3 rings (SSSR count). The summed E-state index contributed by atoms with van der Waals surface area (Å²) < 4.78 is 1.26. The van der Waals surface area contributed by atoms with Crippen LogP contribution in [0.5, 0.6) is 0 Å². The summed E-state index contributed by atoms with van der Waals surface area (Å²) in [5, 5.41) is 2.38. The van der Waals surface area contributed by atoms with Gasteiger partial charge in [-0.1, -0.05) is 6.07 Å². The normalized spacial score (nSPS) is 11.6. The van der Waals surface area contributed by atoms with E-state index in [4.69, 9.17) is 0 Å². The van der Waals surface area contributed by atoms with E-state index in [0.29, 0.717) is 0 Å². The Morgan fingerprint density at radius 3 is 3.00 bits per heavy atom. The molecule has 0 aliphatic carbocycles. The first-order valence-corrected chi connectivity index (χ1v) is 5.41. The molecule has 14 heavy (non-hydrogen) atoms. The van der Waals surface area contributed by atoms with E-state index >= 15 is 0 Å². The number of hydrogen-bond donors (Lipinski definition) is 1. The van der Waals surface area contributed by atoms with Gasteiger partial charge in [-0.3, -0.25) is 0 Å². The van der Waals surface area contributed by atoms with Crippen LogP contribution in [0.3, 0.4) is 0 Å². The Bertz CT molecular complexity index is 563. The van der Waals surface area contributed by atoms with Crippen LogP contribution in [0.15, 0.2) is 18.2 Å². The molecule has 3 aromatic rings. The fourth-order valence-corrected chi connectivity index (χ4v) is 2.67. The van der Waals surface area contributed by atoms with Crippen LogP contribution in [0.1, 0.15) is 10.7 Å². The maximum atomic E-state index is 4.54. The summed E-state index contributed by atoms with van der Waals surface area (Å²) in [4.78, 5) is 7.90. The van der Waals surface area contributed by atoms with Crippen LogP contribution < -0.4 is 0 Å². The second-order valence-electron chi connectivity index (χ2n) is 3.56. The van der Waals surface area contributed by atoms with Gasteiger partial charge < -0.3 is 4.98 Å². The lowest BCUT2D eigenvalue weighted by Gasteiger charge is -1.89. The van der Waals surface area contributed by atoms with Crippen molar-refractivity contribution in [1.29, 1.82) is 0 Å². The Balaban J connectivity index is 2.58. The van der Waals surface area contributed by atoms with Crippen molar-refractivity contribution in [1.82, 2.24) is 9.97 Å². The minimum absolute atomic E-state index is 1.11. The summed E-state index contributed by atoms with van der Waals surface area (Å²) in [6.45, 7) is 4.12. The second kappa shape index (κ2) is 2.58. The number of aromatic nitrogens is 2. The first kappa shape index (κ1) is 8.00. The first-order chi connectivity index (χ1) is 6.74. The Morgan fingerprint density at radius 1 is 1.29 bits per heavy atom. The molecule has 0 saturated heterocycles. The van der Waals surface area contributed by atoms with Crippen LogP contribution in [-0.2, 0) is 0 Å². The third-order valence-electron chi connectivity index (χ3n) is 2.39. The third kappa shape index (κ3) is 0.990. The predicted octanol–water partition coefficient (Wildman–Crippen LogP) is 3.39. The monoisotopic (exact) mass is 202 g/mol. The Kier molecular flexibility index (Phi) is 1.47. The first-order valence-electron chi connectivity index (χ1n) is 4.59. The molecular weight excluding hydrogens is 192 g/mol. The highest BCUT2D eigenvalue weighted by Gasteiger charge is 2.06. The third-order valence-corrected chi connectivity index (χ3v) is 3.33. The number of aromatic amines is 1. The van der Waals surface area contributed by atoms with Crippen molar-refractivity contribution < 1.29 is 0 Å². The van der Waals surface area contributed by atoms with Gasteiger partial charge in [-0.25, -0.2) is 4.98 Å². The van der Waals surface area contributed by atoms with E-state index in [1.54, 1.807) is 11.3 Å². The predicted molar refractivity (Wildman–Crippen MR) is 61.0 cm³/mol. The summed E-state index contributed by atoms with van der Waals surface area (Å²) in [6.07, 6.45) is 0. The van der Waals surface area contributed by atoms with Crippen molar-refractivity contribution in [3.63, 3.8) is 0 Å². The zero-order chi connectivity index (χ0) is 9.71. The molecule has 0 bridgehead atoms. The number of H-pyrrole nitrogens is 1. The smallest absolute Gasteiger partial charge is 0.106 e. The fraction of sp³-hybridized carbons (Fsp3) is 0.182.